The SMILES string of the molecule is CC[S+](C)CC[C@H](N)C(=O)O.Cl.S.[Cl-]. The van der Waals surface area contributed by atoms with Gasteiger partial charge in [0.2, 0.25) is 0 Å². The molecule has 1 unspecified atom stereocenters. The molecular formula is C7H19Cl2NO2S2. The Balaban J connectivity index is -0.000000167. The minimum Gasteiger partial charge on any atom is -1.00 e. The summed E-state index contributed by atoms with van der Waals surface area (Å²) in [5.74, 6) is 1.16. The van der Waals surface area contributed by atoms with Crippen LogP contribution in [0.25, 0.3) is 0 Å². The highest BCUT2D eigenvalue weighted by molar-refractivity contribution is 7.96. The Morgan fingerprint density at radius 2 is 2.00 bits per heavy atom. The van der Waals surface area contributed by atoms with Gasteiger partial charge in [-0.15, -0.1) is 12.4 Å². The second-order valence-electron chi connectivity index (χ2n) is 2.51. The Hall–Kier alpha value is 0.710. The van der Waals surface area contributed by atoms with Crippen molar-refractivity contribution in [1.29, 1.82) is 0 Å². The van der Waals surface area contributed by atoms with Crippen molar-refractivity contribution in [1.82, 2.24) is 0 Å². The molecule has 14 heavy (non-hydrogen) atoms. The Morgan fingerprint density at radius 1 is 1.57 bits per heavy atom. The quantitative estimate of drug-likeness (QED) is 0.553. The maximum Gasteiger partial charge on any atom is 0.320 e. The van der Waals surface area contributed by atoms with Gasteiger partial charge in [0.15, 0.2) is 0 Å². The molecule has 0 aliphatic rings. The van der Waals surface area contributed by atoms with Gasteiger partial charge in [-0.05, 0) is 17.8 Å². The lowest BCUT2D eigenvalue weighted by molar-refractivity contribution is -0.138. The summed E-state index contributed by atoms with van der Waals surface area (Å²) in [6.07, 6.45) is 2.73. The molecule has 0 aromatic heterocycles. The third kappa shape index (κ3) is 12.7. The van der Waals surface area contributed by atoms with Crippen LogP contribution in [-0.2, 0) is 15.7 Å². The van der Waals surface area contributed by atoms with Crippen molar-refractivity contribution < 1.29 is 22.3 Å². The van der Waals surface area contributed by atoms with Gasteiger partial charge in [-0.2, -0.15) is 13.5 Å². The number of halogens is 2. The Labute approximate surface area is 108 Å². The number of nitrogens with two attached hydrogens (primary N) is 1. The van der Waals surface area contributed by atoms with Crippen molar-refractivity contribution >= 4 is 42.8 Å². The van der Waals surface area contributed by atoms with Crippen LogP contribution in [0, 0.1) is 0 Å². The molecule has 0 fully saturated rings. The molecule has 0 aromatic rings. The van der Waals surface area contributed by atoms with Crippen LogP contribution in [0.1, 0.15) is 13.3 Å². The summed E-state index contributed by atoms with van der Waals surface area (Å²) in [6.45, 7) is 2.11. The maximum atomic E-state index is 10.3. The molecule has 0 amide bonds. The van der Waals surface area contributed by atoms with Crippen LogP contribution in [0.3, 0.4) is 0 Å². The number of aliphatic carboxylic acids is 1. The van der Waals surface area contributed by atoms with Crippen molar-refractivity contribution in [2.75, 3.05) is 17.8 Å². The van der Waals surface area contributed by atoms with Gasteiger partial charge in [0.25, 0.3) is 0 Å². The minimum atomic E-state index is -0.891. The second-order valence-corrected chi connectivity index (χ2v) is 5.06. The molecule has 0 bridgehead atoms. The van der Waals surface area contributed by atoms with Crippen molar-refractivity contribution in [2.24, 2.45) is 5.73 Å². The van der Waals surface area contributed by atoms with Crippen molar-refractivity contribution in [3.63, 3.8) is 0 Å². The molecule has 0 saturated heterocycles. The van der Waals surface area contributed by atoms with Crippen LogP contribution in [0.2, 0.25) is 0 Å². The molecule has 90 valence electrons. The van der Waals surface area contributed by atoms with Crippen LogP contribution in [0.5, 0.6) is 0 Å². The van der Waals surface area contributed by atoms with Crippen molar-refractivity contribution in [3.8, 4) is 0 Å². The van der Waals surface area contributed by atoms with Gasteiger partial charge in [0.1, 0.15) is 17.5 Å². The van der Waals surface area contributed by atoms with Crippen molar-refractivity contribution in [3.05, 3.63) is 0 Å². The number of rotatable bonds is 5. The van der Waals surface area contributed by atoms with Crippen LogP contribution < -0.4 is 18.1 Å². The number of carbonyl (C=O) groups is 1. The molecule has 0 aliphatic heterocycles. The highest BCUT2D eigenvalue weighted by Crippen LogP contribution is 1.97. The molecule has 2 atom stereocenters. The van der Waals surface area contributed by atoms with E-state index in [0.29, 0.717) is 17.3 Å². The second kappa shape index (κ2) is 13.7. The summed E-state index contributed by atoms with van der Waals surface area (Å²) in [5, 5.41) is 8.45. The van der Waals surface area contributed by atoms with Crippen molar-refractivity contribution in [2.45, 2.75) is 19.4 Å². The third-order valence-corrected chi connectivity index (χ3v) is 3.51. The zero-order valence-electron chi connectivity index (χ0n) is 8.33. The summed E-state index contributed by atoms with van der Waals surface area (Å²) in [5.41, 5.74) is 5.32. The van der Waals surface area contributed by atoms with Crippen LogP contribution in [0.4, 0.5) is 0 Å². The predicted octanol–water partition coefficient (Wildman–Crippen LogP) is -2.40. The smallest absolute Gasteiger partial charge is 0.320 e. The van der Waals surface area contributed by atoms with E-state index in [1.807, 2.05) is 0 Å². The Morgan fingerprint density at radius 3 is 2.29 bits per heavy atom. The van der Waals surface area contributed by atoms with Gasteiger partial charge in [0.05, 0.1) is 6.26 Å². The molecule has 3 N–H and O–H groups in total. The largest absolute Gasteiger partial charge is 1.00 e. The monoisotopic (exact) mass is 283 g/mol. The van der Waals surface area contributed by atoms with E-state index in [2.05, 4.69) is 13.2 Å². The lowest BCUT2D eigenvalue weighted by Crippen LogP contribution is -3.00. The van der Waals surface area contributed by atoms with Crippen LogP contribution >= 0.6 is 25.9 Å². The molecule has 0 spiro atoms. The first-order chi connectivity index (χ1) is 5.07. The highest BCUT2D eigenvalue weighted by Gasteiger charge is 2.15. The fourth-order valence-electron chi connectivity index (χ4n) is 0.596. The maximum absolute atomic E-state index is 10.3. The minimum absolute atomic E-state index is 0. The molecule has 7 heteroatoms. The van der Waals surface area contributed by atoms with E-state index in [9.17, 15) is 4.79 Å². The number of carboxylic acid groups (broad SMARTS) is 1. The summed E-state index contributed by atoms with van der Waals surface area (Å²) >= 11 is 0. The van der Waals surface area contributed by atoms with Gasteiger partial charge in [-0.1, -0.05) is 0 Å². The first-order valence-electron chi connectivity index (χ1n) is 3.65. The van der Waals surface area contributed by atoms with E-state index in [1.54, 1.807) is 0 Å². The lowest BCUT2D eigenvalue weighted by atomic mass is 10.2. The van der Waals surface area contributed by atoms with Gasteiger partial charge in [-0.25, -0.2) is 0 Å². The molecule has 0 aliphatic carbocycles. The summed E-state index contributed by atoms with van der Waals surface area (Å²) in [4.78, 5) is 10.3. The lowest BCUT2D eigenvalue weighted by Gasteiger charge is -2.04. The average molecular weight is 284 g/mol. The zero-order chi connectivity index (χ0) is 8.85. The first kappa shape index (κ1) is 24.1. The summed E-state index contributed by atoms with van der Waals surface area (Å²) in [6, 6.07) is -0.670. The first-order valence-corrected chi connectivity index (χ1v) is 5.62. The van der Waals surface area contributed by atoms with Crippen LogP contribution in [-0.4, -0.2) is 34.9 Å². The van der Waals surface area contributed by atoms with Gasteiger partial charge >= 0.3 is 5.97 Å². The predicted molar refractivity (Wildman–Crippen MR) is 66.6 cm³/mol. The molecular weight excluding hydrogens is 265 g/mol. The standard InChI is InChI=1S/C7H15NO2S.2ClH.H2S/c1-3-11(2)5-4-6(8)7(9)10;;;/h6H,3-5,8H2,1-2H3;2*1H;1H2/t6-,11?;;;/m0.../s1. The van der Waals surface area contributed by atoms with Gasteiger partial charge < -0.3 is 23.2 Å². The topological polar surface area (TPSA) is 63.3 Å². The highest BCUT2D eigenvalue weighted by atomic mass is 35.5. The summed E-state index contributed by atoms with van der Waals surface area (Å²) in [7, 11) is 0.343. The number of hydrogen-bond donors (Lipinski definition) is 2. The zero-order valence-corrected chi connectivity index (χ0v) is 11.7. The van der Waals surface area contributed by atoms with E-state index >= 15 is 0 Å². The van der Waals surface area contributed by atoms with E-state index in [4.69, 9.17) is 10.8 Å². The molecule has 0 saturated carbocycles. The molecule has 0 heterocycles. The van der Waals surface area contributed by atoms with Gasteiger partial charge in [-0.3, -0.25) is 4.79 Å². The van der Waals surface area contributed by atoms with Crippen LogP contribution in [0.15, 0.2) is 0 Å². The number of hydrogen-bond acceptors (Lipinski definition) is 2. The van der Waals surface area contributed by atoms with Gasteiger partial charge in [0, 0.05) is 6.42 Å². The summed E-state index contributed by atoms with van der Waals surface area (Å²) < 4.78 is 0. The fraction of sp³-hybridized carbons (Fsp3) is 0.857. The van der Waals surface area contributed by atoms with E-state index in [1.165, 1.54) is 0 Å². The number of carboxylic acids is 1. The molecule has 0 rings (SSSR count). The Bertz CT molecular complexity index is 141. The molecule has 0 radical (unpaired) electrons. The van der Waals surface area contributed by atoms with E-state index in [-0.39, 0.29) is 38.3 Å². The van der Waals surface area contributed by atoms with E-state index < -0.39 is 12.0 Å². The average Bonchev–Trinajstić information content (AvgIpc) is 1.99. The third-order valence-electron chi connectivity index (χ3n) is 1.59. The van der Waals surface area contributed by atoms with E-state index in [0.717, 1.165) is 11.5 Å². The Kier molecular flexibility index (Phi) is 23.6. The fourth-order valence-corrected chi connectivity index (χ4v) is 1.54. The molecule has 3 nitrogen and oxygen atoms in total. The normalized spacial score (nSPS) is 12.5. The molecule has 0 aromatic carbocycles.